The van der Waals surface area contributed by atoms with Crippen molar-refractivity contribution in [1.29, 1.82) is 0 Å². The standard InChI is InChI=1S/C13H17ClO/c1-9(8-15)10-2-3-12-7-13(14)5-4-11(12)6-10/h4-5,7,9-10,15H,2-3,6,8H2,1H3. The number of aryl methyl sites for hydroxylation is 1. The van der Waals surface area contributed by atoms with Crippen LogP contribution in [0.4, 0.5) is 0 Å². The van der Waals surface area contributed by atoms with Crippen molar-refractivity contribution in [1.82, 2.24) is 0 Å². The Morgan fingerprint density at radius 3 is 3.00 bits per heavy atom. The molecular formula is C13H17ClO. The molecule has 15 heavy (non-hydrogen) atoms. The quantitative estimate of drug-likeness (QED) is 0.819. The number of aliphatic hydroxyl groups is 1. The van der Waals surface area contributed by atoms with Crippen LogP contribution in [0.3, 0.4) is 0 Å². The average molecular weight is 225 g/mol. The fourth-order valence-corrected chi connectivity index (χ4v) is 2.58. The summed E-state index contributed by atoms with van der Waals surface area (Å²) in [6.07, 6.45) is 3.37. The number of aliphatic hydroxyl groups excluding tert-OH is 1. The SMILES string of the molecule is CC(CO)C1CCc2cc(Cl)ccc2C1. The van der Waals surface area contributed by atoms with E-state index in [9.17, 15) is 0 Å². The molecule has 0 amide bonds. The highest BCUT2D eigenvalue weighted by molar-refractivity contribution is 6.30. The van der Waals surface area contributed by atoms with Crippen LogP contribution in [0.2, 0.25) is 5.02 Å². The van der Waals surface area contributed by atoms with E-state index >= 15 is 0 Å². The summed E-state index contributed by atoms with van der Waals surface area (Å²) in [5.74, 6) is 1.04. The van der Waals surface area contributed by atoms with Crippen LogP contribution in [0.5, 0.6) is 0 Å². The molecule has 1 aliphatic carbocycles. The smallest absolute Gasteiger partial charge is 0.0459 e. The summed E-state index contributed by atoms with van der Waals surface area (Å²) in [6, 6.07) is 6.18. The lowest BCUT2D eigenvalue weighted by Crippen LogP contribution is -2.22. The van der Waals surface area contributed by atoms with Crippen LogP contribution in [0.25, 0.3) is 0 Å². The lowest BCUT2D eigenvalue weighted by Gasteiger charge is -2.28. The van der Waals surface area contributed by atoms with E-state index < -0.39 is 0 Å². The third-order valence-corrected chi connectivity index (χ3v) is 3.76. The van der Waals surface area contributed by atoms with E-state index in [0.29, 0.717) is 18.4 Å². The van der Waals surface area contributed by atoms with Gasteiger partial charge in [-0.1, -0.05) is 24.6 Å². The van der Waals surface area contributed by atoms with E-state index in [1.807, 2.05) is 6.07 Å². The summed E-state index contributed by atoms with van der Waals surface area (Å²) in [7, 11) is 0. The summed E-state index contributed by atoms with van der Waals surface area (Å²) in [5, 5.41) is 9.99. The molecule has 0 saturated heterocycles. The molecule has 2 heteroatoms. The zero-order chi connectivity index (χ0) is 10.8. The Hall–Kier alpha value is -0.530. The van der Waals surface area contributed by atoms with Crippen molar-refractivity contribution in [2.45, 2.75) is 26.2 Å². The third-order valence-electron chi connectivity index (χ3n) is 3.53. The second-order valence-corrected chi connectivity index (χ2v) is 5.01. The highest BCUT2D eigenvalue weighted by Crippen LogP contribution is 2.31. The molecule has 2 rings (SSSR count). The summed E-state index contributed by atoms with van der Waals surface area (Å²) in [5.41, 5.74) is 2.81. The van der Waals surface area contributed by atoms with Gasteiger partial charge in [-0.15, -0.1) is 0 Å². The minimum atomic E-state index is 0.299. The van der Waals surface area contributed by atoms with Gasteiger partial charge in [-0.05, 0) is 54.4 Å². The second-order valence-electron chi connectivity index (χ2n) is 4.58. The van der Waals surface area contributed by atoms with Gasteiger partial charge in [-0.25, -0.2) is 0 Å². The van der Waals surface area contributed by atoms with Crippen molar-refractivity contribution in [3.05, 3.63) is 34.3 Å². The largest absolute Gasteiger partial charge is 0.396 e. The first kappa shape index (κ1) is 11.0. The number of hydrogen-bond acceptors (Lipinski definition) is 1. The minimum Gasteiger partial charge on any atom is -0.396 e. The number of hydrogen-bond donors (Lipinski definition) is 1. The topological polar surface area (TPSA) is 20.2 Å². The van der Waals surface area contributed by atoms with Gasteiger partial charge in [0.15, 0.2) is 0 Å². The first-order chi connectivity index (χ1) is 7.20. The maximum absolute atomic E-state index is 9.16. The van der Waals surface area contributed by atoms with E-state index in [1.165, 1.54) is 17.5 Å². The highest BCUT2D eigenvalue weighted by atomic mass is 35.5. The molecule has 2 atom stereocenters. The molecule has 1 aliphatic rings. The summed E-state index contributed by atoms with van der Waals surface area (Å²) >= 11 is 5.96. The van der Waals surface area contributed by atoms with Gasteiger partial charge in [0.25, 0.3) is 0 Å². The zero-order valence-electron chi connectivity index (χ0n) is 9.04. The maximum Gasteiger partial charge on any atom is 0.0459 e. The third kappa shape index (κ3) is 2.35. The highest BCUT2D eigenvalue weighted by Gasteiger charge is 2.22. The number of benzene rings is 1. The first-order valence-corrected chi connectivity index (χ1v) is 5.96. The van der Waals surface area contributed by atoms with E-state index in [-0.39, 0.29) is 0 Å². The monoisotopic (exact) mass is 224 g/mol. The van der Waals surface area contributed by atoms with E-state index in [1.54, 1.807) is 0 Å². The van der Waals surface area contributed by atoms with Crippen LogP contribution in [0, 0.1) is 11.8 Å². The predicted molar refractivity (Wildman–Crippen MR) is 63.2 cm³/mol. The molecule has 82 valence electrons. The summed E-state index contributed by atoms with van der Waals surface area (Å²) < 4.78 is 0. The van der Waals surface area contributed by atoms with Gasteiger partial charge in [-0.3, -0.25) is 0 Å². The molecule has 1 nitrogen and oxygen atoms in total. The lowest BCUT2D eigenvalue weighted by molar-refractivity contribution is 0.178. The van der Waals surface area contributed by atoms with Gasteiger partial charge in [0.1, 0.15) is 0 Å². The van der Waals surface area contributed by atoms with Gasteiger partial charge in [0.05, 0.1) is 0 Å². The molecule has 1 aromatic carbocycles. The van der Waals surface area contributed by atoms with Gasteiger partial charge >= 0.3 is 0 Å². The van der Waals surface area contributed by atoms with Crippen LogP contribution >= 0.6 is 11.6 Å². The van der Waals surface area contributed by atoms with Gasteiger partial charge in [0.2, 0.25) is 0 Å². The summed E-state index contributed by atoms with van der Waals surface area (Å²) in [4.78, 5) is 0. The molecule has 0 bridgehead atoms. The lowest BCUT2D eigenvalue weighted by atomic mass is 9.78. The predicted octanol–water partition coefficient (Wildman–Crippen LogP) is 3.07. The molecule has 2 unspecified atom stereocenters. The Morgan fingerprint density at radius 1 is 1.47 bits per heavy atom. The van der Waals surface area contributed by atoms with Crippen molar-refractivity contribution in [3.8, 4) is 0 Å². The molecule has 0 heterocycles. The van der Waals surface area contributed by atoms with Crippen molar-refractivity contribution in [3.63, 3.8) is 0 Å². The van der Waals surface area contributed by atoms with Crippen LogP contribution in [0.1, 0.15) is 24.5 Å². The molecule has 0 spiro atoms. The molecule has 0 radical (unpaired) electrons. The van der Waals surface area contributed by atoms with Gasteiger partial charge in [-0.2, -0.15) is 0 Å². The fourth-order valence-electron chi connectivity index (χ4n) is 2.39. The van der Waals surface area contributed by atoms with E-state index in [4.69, 9.17) is 16.7 Å². The van der Waals surface area contributed by atoms with Crippen molar-refractivity contribution < 1.29 is 5.11 Å². The Kier molecular flexibility index (Phi) is 3.32. The minimum absolute atomic E-state index is 0.299. The second kappa shape index (κ2) is 4.54. The van der Waals surface area contributed by atoms with Crippen LogP contribution in [-0.4, -0.2) is 11.7 Å². The van der Waals surface area contributed by atoms with Crippen molar-refractivity contribution in [2.75, 3.05) is 6.61 Å². The van der Waals surface area contributed by atoms with E-state index in [0.717, 1.165) is 17.9 Å². The normalized spacial score (nSPS) is 22.2. The molecule has 1 N–H and O–H groups in total. The van der Waals surface area contributed by atoms with Crippen LogP contribution in [-0.2, 0) is 12.8 Å². The molecule has 0 fully saturated rings. The molecule has 0 aromatic heterocycles. The molecular weight excluding hydrogens is 208 g/mol. The number of fused-ring (bicyclic) bond motifs is 1. The maximum atomic E-state index is 9.16. The van der Waals surface area contributed by atoms with Crippen LogP contribution < -0.4 is 0 Å². The first-order valence-electron chi connectivity index (χ1n) is 5.59. The van der Waals surface area contributed by atoms with Crippen molar-refractivity contribution in [2.24, 2.45) is 11.8 Å². The zero-order valence-corrected chi connectivity index (χ0v) is 9.80. The van der Waals surface area contributed by atoms with Crippen LogP contribution in [0.15, 0.2) is 18.2 Å². The Labute approximate surface area is 96.1 Å². The van der Waals surface area contributed by atoms with Gasteiger partial charge in [0, 0.05) is 11.6 Å². The van der Waals surface area contributed by atoms with Crippen molar-refractivity contribution >= 4 is 11.6 Å². The Balaban J connectivity index is 2.16. The molecule has 0 saturated carbocycles. The Morgan fingerprint density at radius 2 is 2.27 bits per heavy atom. The number of rotatable bonds is 2. The summed E-state index contributed by atoms with van der Waals surface area (Å²) in [6.45, 7) is 2.43. The Bertz CT molecular complexity index is 348. The number of halogens is 1. The molecule has 0 aliphatic heterocycles. The fraction of sp³-hybridized carbons (Fsp3) is 0.538. The molecule has 1 aromatic rings. The van der Waals surface area contributed by atoms with Gasteiger partial charge < -0.3 is 5.11 Å². The van der Waals surface area contributed by atoms with E-state index in [2.05, 4.69) is 19.1 Å². The average Bonchev–Trinajstić information content (AvgIpc) is 2.27.